The monoisotopic (exact) mass is 480 g/mol. The normalized spacial score (nSPS) is 24.6. The van der Waals surface area contributed by atoms with Crippen molar-refractivity contribution in [1.82, 2.24) is 0 Å². The Labute approximate surface area is 192 Å². The molecule has 3 rings (SSSR count). The van der Waals surface area contributed by atoms with E-state index in [9.17, 15) is 39.9 Å². The minimum Gasteiger partial charge on any atom is -0.506 e. The van der Waals surface area contributed by atoms with Crippen LogP contribution >= 0.6 is 0 Å². The Balaban J connectivity index is 2.13. The van der Waals surface area contributed by atoms with Gasteiger partial charge in [0, 0.05) is 6.07 Å². The van der Waals surface area contributed by atoms with Crippen LogP contribution in [0.25, 0.3) is 10.8 Å². The highest BCUT2D eigenvalue weighted by molar-refractivity contribution is 6.07. The predicted molar refractivity (Wildman–Crippen MR) is 113 cm³/mol. The number of benzene rings is 2. The van der Waals surface area contributed by atoms with Gasteiger partial charge in [-0.3, -0.25) is 14.4 Å². The van der Waals surface area contributed by atoms with E-state index in [1.807, 2.05) is 0 Å². The molecular weight excluding hydrogens is 456 g/mol. The molecule has 6 N–H and O–H groups in total. The topological polar surface area (TPSA) is 200 Å². The van der Waals surface area contributed by atoms with Gasteiger partial charge in [0.1, 0.15) is 48.1 Å². The number of rotatable bonds is 7. The summed E-state index contributed by atoms with van der Waals surface area (Å²) in [7, 11) is 0. The number of hydrogen-bond acceptors (Lipinski definition) is 11. The summed E-state index contributed by atoms with van der Waals surface area (Å²) in [6, 6.07) is 3.91. The van der Waals surface area contributed by atoms with Crippen molar-refractivity contribution in [3.8, 4) is 17.2 Å². The third-order valence-corrected chi connectivity index (χ3v) is 5.32. The molecule has 5 atom stereocenters. The molecule has 0 amide bonds. The predicted octanol–water partition coefficient (Wildman–Crippen LogP) is -0.385. The number of fused-ring (bicyclic) bond motifs is 1. The zero-order chi connectivity index (χ0) is 25.3. The summed E-state index contributed by atoms with van der Waals surface area (Å²) in [4.78, 5) is 34.7. The van der Waals surface area contributed by atoms with Gasteiger partial charge in [0.2, 0.25) is 6.29 Å². The maximum absolute atomic E-state index is 12.1. The van der Waals surface area contributed by atoms with Gasteiger partial charge in [0.15, 0.2) is 5.78 Å². The van der Waals surface area contributed by atoms with Crippen LogP contribution in [0.5, 0.6) is 17.2 Å². The lowest BCUT2D eigenvalue weighted by Gasteiger charge is -2.39. The number of carbonyl (C=O) groups excluding carboxylic acids is 2. The number of carboxylic acids is 1. The first-order valence-corrected chi connectivity index (χ1v) is 10.2. The largest absolute Gasteiger partial charge is 0.506 e. The number of hydrogen-bond donors (Lipinski definition) is 6. The number of carbonyl (C=O) groups is 3. The van der Waals surface area contributed by atoms with E-state index >= 15 is 0 Å². The molecule has 1 heterocycles. The Morgan fingerprint density at radius 2 is 1.74 bits per heavy atom. The highest BCUT2D eigenvalue weighted by Crippen LogP contribution is 2.42. The van der Waals surface area contributed by atoms with Crippen LogP contribution in [-0.4, -0.2) is 85.7 Å². The molecule has 0 spiro atoms. The van der Waals surface area contributed by atoms with Gasteiger partial charge in [-0.15, -0.1) is 0 Å². The van der Waals surface area contributed by atoms with E-state index in [-0.39, 0.29) is 27.8 Å². The van der Waals surface area contributed by atoms with Crippen molar-refractivity contribution in [2.45, 2.75) is 51.0 Å². The maximum Gasteiger partial charge on any atom is 0.322 e. The zero-order valence-corrected chi connectivity index (χ0v) is 18.2. The Morgan fingerprint density at radius 1 is 1.06 bits per heavy atom. The van der Waals surface area contributed by atoms with Crippen molar-refractivity contribution >= 4 is 28.5 Å². The number of Topliss-reactive ketones (excluding diaryl/α,β-unsaturated/α-hetero) is 1. The molecular formula is C22H24O12. The summed E-state index contributed by atoms with van der Waals surface area (Å²) in [5.41, 5.74) is 0.382. The molecule has 1 aliphatic rings. The Hall–Kier alpha value is -3.29. The molecule has 0 saturated carbocycles. The first kappa shape index (κ1) is 25.3. The number of phenols is 1. The number of aliphatic hydroxyl groups is 4. The molecule has 0 aromatic heterocycles. The van der Waals surface area contributed by atoms with Crippen molar-refractivity contribution in [2.75, 3.05) is 6.61 Å². The molecule has 12 heteroatoms. The van der Waals surface area contributed by atoms with Gasteiger partial charge < -0.3 is 44.8 Å². The standard InChI is InChI=1S/C22H24O12/c1-8-3-10-4-11(32-15(27)6-14(25)26)5-12(17(10)19(29)16(8)9(2)24)33-22-21(31)20(30)18(28)13(7-23)34-22/h3-5,13,18,20-23,28-31H,6-7H2,1-2H3,(H,25,26)/t13-,18-,20+,21-,22-/m1/s1. The maximum atomic E-state index is 12.1. The first-order chi connectivity index (χ1) is 15.9. The van der Waals surface area contributed by atoms with Crippen molar-refractivity contribution in [2.24, 2.45) is 0 Å². The second-order valence-electron chi connectivity index (χ2n) is 7.85. The third kappa shape index (κ3) is 4.95. The van der Waals surface area contributed by atoms with E-state index in [1.54, 1.807) is 6.92 Å². The quantitative estimate of drug-likeness (QED) is 0.130. The second kappa shape index (κ2) is 9.91. The molecule has 34 heavy (non-hydrogen) atoms. The molecule has 184 valence electrons. The lowest BCUT2D eigenvalue weighted by atomic mass is 9.96. The fraction of sp³-hybridized carbons (Fsp3) is 0.409. The van der Waals surface area contributed by atoms with Gasteiger partial charge in [-0.2, -0.15) is 0 Å². The lowest BCUT2D eigenvalue weighted by molar-refractivity contribution is -0.277. The van der Waals surface area contributed by atoms with Crippen molar-refractivity contribution in [3.63, 3.8) is 0 Å². The molecule has 12 nitrogen and oxygen atoms in total. The molecule has 2 aromatic carbocycles. The molecule has 1 saturated heterocycles. The number of aliphatic carboxylic acids is 1. The Kier molecular flexibility index (Phi) is 7.38. The van der Waals surface area contributed by atoms with E-state index in [4.69, 9.17) is 19.3 Å². The van der Waals surface area contributed by atoms with Gasteiger partial charge in [-0.05, 0) is 30.9 Å². The van der Waals surface area contributed by atoms with Crippen LogP contribution in [0.15, 0.2) is 18.2 Å². The summed E-state index contributed by atoms with van der Waals surface area (Å²) < 4.78 is 16.0. The fourth-order valence-electron chi connectivity index (χ4n) is 3.77. The average Bonchev–Trinajstić information content (AvgIpc) is 2.72. The summed E-state index contributed by atoms with van der Waals surface area (Å²) in [5.74, 6) is -3.85. The molecule has 0 bridgehead atoms. The van der Waals surface area contributed by atoms with Crippen molar-refractivity contribution in [3.05, 3.63) is 29.3 Å². The number of aliphatic hydroxyl groups excluding tert-OH is 4. The number of ketones is 1. The van der Waals surface area contributed by atoms with E-state index in [2.05, 4.69) is 0 Å². The van der Waals surface area contributed by atoms with Crippen molar-refractivity contribution < 1.29 is 59.2 Å². The SMILES string of the molecule is CC(=O)c1c(C)cc2cc(OC(=O)CC(=O)O)cc(O[C@@H]3O[C@H](CO)[C@@H](O)[C@H](O)[C@H]3O)c2c1O. The molecule has 1 fully saturated rings. The first-order valence-electron chi connectivity index (χ1n) is 10.2. The van der Waals surface area contributed by atoms with Gasteiger partial charge in [0.25, 0.3) is 0 Å². The third-order valence-electron chi connectivity index (χ3n) is 5.32. The van der Waals surface area contributed by atoms with E-state index in [0.717, 1.165) is 6.07 Å². The Bertz CT molecular complexity index is 1120. The van der Waals surface area contributed by atoms with Crippen LogP contribution in [0.4, 0.5) is 0 Å². The Morgan fingerprint density at radius 3 is 2.32 bits per heavy atom. The lowest BCUT2D eigenvalue weighted by Crippen LogP contribution is -2.60. The van der Waals surface area contributed by atoms with E-state index < -0.39 is 67.2 Å². The number of carboxylic acid groups (broad SMARTS) is 1. The fourth-order valence-corrected chi connectivity index (χ4v) is 3.77. The highest BCUT2D eigenvalue weighted by Gasteiger charge is 2.45. The van der Waals surface area contributed by atoms with Crippen LogP contribution in [0.3, 0.4) is 0 Å². The highest BCUT2D eigenvalue weighted by atomic mass is 16.7. The molecule has 2 aromatic rings. The van der Waals surface area contributed by atoms with Crippen LogP contribution in [0.1, 0.15) is 29.3 Å². The summed E-state index contributed by atoms with van der Waals surface area (Å²) in [5, 5.41) is 59.6. The van der Waals surface area contributed by atoms with Crippen LogP contribution in [-0.2, 0) is 14.3 Å². The number of esters is 1. The zero-order valence-electron chi connectivity index (χ0n) is 18.2. The summed E-state index contributed by atoms with van der Waals surface area (Å²) in [6.07, 6.45) is -9.03. The summed E-state index contributed by atoms with van der Waals surface area (Å²) in [6.45, 7) is 2.10. The molecule has 0 aliphatic carbocycles. The van der Waals surface area contributed by atoms with Crippen LogP contribution in [0, 0.1) is 6.92 Å². The van der Waals surface area contributed by atoms with Gasteiger partial charge >= 0.3 is 11.9 Å². The summed E-state index contributed by atoms with van der Waals surface area (Å²) >= 11 is 0. The van der Waals surface area contributed by atoms with E-state index in [0.29, 0.717) is 5.56 Å². The number of phenolic OH excluding ortho intramolecular Hbond substituents is 1. The number of aryl methyl sites for hydroxylation is 1. The van der Waals surface area contributed by atoms with Crippen LogP contribution < -0.4 is 9.47 Å². The van der Waals surface area contributed by atoms with Gasteiger partial charge in [-0.1, -0.05) is 6.07 Å². The second-order valence-corrected chi connectivity index (χ2v) is 7.85. The van der Waals surface area contributed by atoms with Crippen molar-refractivity contribution in [1.29, 1.82) is 0 Å². The number of ether oxygens (including phenoxy) is 3. The smallest absolute Gasteiger partial charge is 0.322 e. The van der Waals surface area contributed by atoms with E-state index in [1.165, 1.54) is 19.1 Å². The molecule has 0 radical (unpaired) electrons. The van der Waals surface area contributed by atoms with Crippen LogP contribution in [0.2, 0.25) is 0 Å². The van der Waals surface area contributed by atoms with Gasteiger partial charge in [0.05, 0.1) is 17.6 Å². The molecule has 0 unspecified atom stereocenters. The minimum absolute atomic E-state index is 0.0122. The van der Waals surface area contributed by atoms with Gasteiger partial charge in [-0.25, -0.2) is 0 Å². The minimum atomic E-state index is -1.79. The number of aromatic hydroxyl groups is 1. The molecule has 1 aliphatic heterocycles. The average molecular weight is 480 g/mol.